The van der Waals surface area contributed by atoms with Gasteiger partial charge in [0.25, 0.3) is 0 Å². The molecule has 1 N–H and O–H groups in total. The Hall–Kier alpha value is -1.30. The van der Waals surface area contributed by atoms with Crippen LogP contribution in [0.5, 0.6) is 0 Å². The molecule has 1 aromatic rings. The summed E-state index contributed by atoms with van der Waals surface area (Å²) in [5.74, 6) is 2.56. The summed E-state index contributed by atoms with van der Waals surface area (Å²) in [6.07, 6.45) is 5.17. The van der Waals surface area contributed by atoms with Gasteiger partial charge < -0.3 is 10.1 Å². The lowest BCUT2D eigenvalue weighted by Gasteiger charge is -2.09. The van der Waals surface area contributed by atoms with E-state index in [9.17, 15) is 0 Å². The van der Waals surface area contributed by atoms with Crippen LogP contribution in [-0.2, 0) is 17.9 Å². The summed E-state index contributed by atoms with van der Waals surface area (Å²) in [4.78, 5) is 0. The second-order valence-electron chi connectivity index (χ2n) is 3.21. The maximum absolute atomic E-state index is 5.40. The Morgan fingerprint density at radius 1 is 1.33 bits per heavy atom. The van der Waals surface area contributed by atoms with Gasteiger partial charge in [-0.25, -0.2) is 0 Å². The molecule has 2 heteroatoms. The number of rotatable bonds is 6. The van der Waals surface area contributed by atoms with Crippen molar-refractivity contribution in [2.45, 2.75) is 20.1 Å². The quantitative estimate of drug-likeness (QED) is 0.563. The third-order valence-corrected chi connectivity index (χ3v) is 2.12. The molecule has 2 nitrogen and oxygen atoms in total. The van der Waals surface area contributed by atoms with Gasteiger partial charge in [0, 0.05) is 13.2 Å². The lowest BCUT2D eigenvalue weighted by Crippen LogP contribution is -2.14. The number of hydrogen-bond donors (Lipinski definition) is 1. The van der Waals surface area contributed by atoms with Crippen molar-refractivity contribution in [3.05, 3.63) is 35.4 Å². The Bertz CT molecular complexity index is 328. The lowest BCUT2D eigenvalue weighted by molar-refractivity contribution is 0.133. The van der Waals surface area contributed by atoms with E-state index in [0.29, 0.717) is 13.2 Å². The van der Waals surface area contributed by atoms with Crippen molar-refractivity contribution < 1.29 is 4.74 Å². The molecule has 0 radical (unpaired) electrons. The fourth-order valence-corrected chi connectivity index (χ4v) is 1.35. The average molecular weight is 203 g/mol. The molecule has 0 aromatic heterocycles. The Balaban J connectivity index is 2.56. The molecule has 1 rings (SSSR count). The number of benzene rings is 1. The minimum atomic E-state index is 0.600. The van der Waals surface area contributed by atoms with Crippen LogP contribution in [-0.4, -0.2) is 13.2 Å². The molecule has 0 unspecified atom stereocenters. The Morgan fingerprint density at radius 3 is 2.73 bits per heavy atom. The summed E-state index contributed by atoms with van der Waals surface area (Å²) < 4.78 is 5.40. The van der Waals surface area contributed by atoms with Crippen LogP contribution in [0.4, 0.5) is 0 Å². The minimum Gasteiger partial charge on any atom is -0.377 e. The second-order valence-corrected chi connectivity index (χ2v) is 3.21. The fourth-order valence-electron chi connectivity index (χ4n) is 1.35. The Labute approximate surface area is 91.6 Å². The predicted molar refractivity (Wildman–Crippen MR) is 62.3 cm³/mol. The Morgan fingerprint density at radius 2 is 2.07 bits per heavy atom. The molecule has 0 bridgehead atoms. The molecule has 0 aliphatic heterocycles. The third kappa shape index (κ3) is 4.16. The van der Waals surface area contributed by atoms with E-state index in [-0.39, 0.29) is 0 Å². The summed E-state index contributed by atoms with van der Waals surface area (Å²) in [7, 11) is 0. The first-order valence-corrected chi connectivity index (χ1v) is 5.17. The largest absolute Gasteiger partial charge is 0.377 e. The zero-order valence-corrected chi connectivity index (χ0v) is 9.12. The molecule has 80 valence electrons. The van der Waals surface area contributed by atoms with Gasteiger partial charge in [-0.15, -0.1) is 6.42 Å². The summed E-state index contributed by atoms with van der Waals surface area (Å²) in [6.45, 7) is 4.81. The van der Waals surface area contributed by atoms with Gasteiger partial charge >= 0.3 is 0 Å². The standard InChI is InChI=1S/C13H17NO/c1-3-9-14-10-12-7-5-6-8-13(12)11-15-4-2/h1,5-8,14H,4,9-11H2,2H3. The summed E-state index contributed by atoms with van der Waals surface area (Å²) >= 11 is 0. The van der Waals surface area contributed by atoms with Gasteiger partial charge in [-0.1, -0.05) is 30.2 Å². The van der Waals surface area contributed by atoms with Crippen molar-refractivity contribution in [2.24, 2.45) is 0 Å². The molecule has 0 fully saturated rings. The highest BCUT2D eigenvalue weighted by molar-refractivity contribution is 5.26. The number of hydrogen-bond acceptors (Lipinski definition) is 2. The van der Waals surface area contributed by atoms with Crippen LogP contribution in [0.1, 0.15) is 18.1 Å². The van der Waals surface area contributed by atoms with Crippen LogP contribution in [0.15, 0.2) is 24.3 Å². The van der Waals surface area contributed by atoms with E-state index in [4.69, 9.17) is 11.2 Å². The van der Waals surface area contributed by atoms with Crippen LogP contribution < -0.4 is 5.32 Å². The molecular formula is C13H17NO. The molecule has 0 spiro atoms. The van der Waals surface area contributed by atoms with E-state index in [1.807, 2.05) is 19.1 Å². The van der Waals surface area contributed by atoms with Crippen molar-refractivity contribution in [3.63, 3.8) is 0 Å². The fraction of sp³-hybridized carbons (Fsp3) is 0.385. The van der Waals surface area contributed by atoms with Crippen molar-refractivity contribution in [3.8, 4) is 12.3 Å². The second kappa shape index (κ2) is 7.05. The first-order chi connectivity index (χ1) is 7.38. The van der Waals surface area contributed by atoms with E-state index in [1.54, 1.807) is 0 Å². The Kier molecular flexibility index (Phi) is 5.54. The van der Waals surface area contributed by atoms with Crippen LogP contribution in [0.2, 0.25) is 0 Å². The van der Waals surface area contributed by atoms with Crippen LogP contribution in [0.25, 0.3) is 0 Å². The molecule has 0 heterocycles. The van der Waals surface area contributed by atoms with E-state index < -0.39 is 0 Å². The first-order valence-electron chi connectivity index (χ1n) is 5.17. The zero-order chi connectivity index (χ0) is 10.9. The van der Waals surface area contributed by atoms with Crippen molar-refractivity contribution in [2.75, 3.05) is 13.2 Å². The van der Waals surface area contributed by atoms with Crippen LogP contribution in [0, 0.1) is 12.3 Å². The molecule has 0 saturated carbocycles. The SMILES string of the molecule is C#CCNCc1ccccc1COCC. The average Bonchev–Trinajstić information content (AvgIpc) is 2.28. The van der Waals surface area contributed by atoms with E-state index in [0.717, 1.165) is 13.2 Å². The van der Waals surface area contributed by atoms with E-state index in [1.165, 1.54) is 11.1 Å². The number of ether oxygens (including phenoxy) is 1. The van der Waals surface area contributed by atoms with Crippen molar-refractivity contribution in [1.29, 1.82) is 0 Å². The third-order valence-electron chi connectivity index (χ3n) is 2.12. The highest BCUT2D eigenvalue weighted by Crippen LogP contribution is 2.09. The minimum absolute atomic E-state index is 0.600. The lowest BCUT2D eigenvalue weighted by atomic mass is 10.1. The molecular weight excluding hydrogens is 186 g/mol. The predicted octanol–water partition coefficient (Wildman–Crippen LogP) is 1.95. The summed E-state index contributed by atoms with van der Waals surface area (Å²) in [5.41, 5.74) is 2.48. The van der Waals surface area contributed by atoms with Crippen molar-refractivity contribution >= 4 is 0 Å². The van der Waals surface area contributed by atoms with Gasteiger partial charge in [-0.05, 0) is 18.1 Å². The molecule has 0 aliphatic rings. The maximum atomic E-state index is 5.40. The zero-order valence-electron chi connectivity index (χ0n) is 9.12. The van der Waals surface area contributed by atoms with Gasteiger partial charge in [0.1, 0.15) is 0 Å². The highest BCUT2D eigenvalue weighted by Gasteiger charge is 2.00. The van der Waals surface area contributed by atoms with E-state index >= 15 is 0 Å². The monoisotopic (exact) mass is 203 g/mol. The molecule has 0 saturated heterocycles. The molecule has 1 aromatic carbocycles. The smallest absolute Gasteiger partial charge is 0.0719 e. The first kappa shape index (κ1) is 11.8. The molecule has 0 amide bonds. The van der Waals surface area contributed by atoms with Crippen molar-refractivity contribution in [1.82, 2.24) is 5.32 Å². The van der Waals surface area contributed by atoms with Crippen LogP contribution >= 0.6 is 0 Å². The van der Waals surface area contributed by atoms with Gasteiger partial charge in [-0.2, -0.15) is 0 Å². The summed E-state index contributed by atoms with van der Waals surface area (Å²) in [5, 5.41) is 3.18. The highest BCUT2D eigenvalue weighted by atomic mass is 16.5. The maximum Gasteiger partial charge on any atom is 0.0719 e. The van der Waals surface area contributed by atoms with E-state index in [2.05, 4.69) is 23.4 Å². The number of terminal acetylenes is 1. The van der Waals surface area contributed by atoms with Crippen LogP contribution in [0.3, 0.4) is 0 Å². The summed E-state index contributed by atoms with van der Waals surface area (Å²) in [6, 6.07) is 8.24. The van der Waals surface area contributed by atoms with Gasteiger partial charge in [0.05, 0.1) is 13.2 Å². The molecule has 0 atom stereocenters. The van der Waals surface area contributed by atoms with Gasteiger partial charge in [0.2, 0.25) is 0 Å². The molecule has 0 aliphatic carbocycles. The van der Waals surface area contributed by atoms with Gasteiger partial charge in [-0.3, -0.25) is 0 Å². The molecule has 15 heavy (non-hydrogen) atoms. The number of nitrogens with one attached hydrogen (secondary N) is 1. The normalized spacial score (nSPS) is 9.87. The topological polar surface area (TPSA) is 21.3 Å². The van der Waals surface area contributed by atoms with Gasteiger partial charge in [0.15, 0.2) is 0 Å².